The molecule has 17 heavy (non-hydrogen) atoms. The molecule has 7 heteroatoms. The minimum absolute atomic E-state index is 0.233. The van der Waals surface area contributed by atoms with Crippen molar-refractivity contribution in [3.63, 3.8) is 0 Å². The number of aromatic nitrogens is 2. The van der Waals surface area contributed by atoms with Crippen molar-refractivity contribution in [3.05, 3.63) is 11.8 Å². The first-order chi connectivity index (χ1) is 7.93. The molecule has 1 aromatic rings. The summed E-state index contributed by atoms with van der Waals surface area (Å²) in [5.74, 6) is 0.105. The number of hydrogen-bond donors (Lipinski definition) is 3. The van der Waals surface area contributed by atoms with Crippen LogP contribution in [-0.2, 0) is 16.6 Å². The normalized spacial score (nSPS) is 12.0. The van der Waals surface area contributed by atoms with Crippen LogP contribution in [0.4, 0.5) is 5.82 Å². The summed E-state index contributed by atoms with van der Waals surface area (Å²) in [5.41, 5.74) is 0.933. The summed E-state index contributed by atoms with van der Waals surface area (Å²) in [6, 6.07) is 1.10. The van der Waals surface area contributed by atoms with Crippen molar-refractivity contribution in [2.45, 2.75) is 19.9 Å². The number of carbonyl (C=O) groups is 2. The van der Waals surface area contributed by atoms with Crippen LogP contribution in [0.2, 0.25) is 0 Å². The third-order valence-corrected chi connectivity index (χ3v) is 2.61. The quantitative estimate of drug-likeness (QED) is 0.669. The molecule has 1 unspecified atom stereocenters. The Morgan fingerprint density at radius 3 is 2.65 bits per heavy atom. The van der Waals surface area contributed by atoms with Crippen molar-refractivity contribution in [2.75, 3.05) is 11.1 Å². The number of aryl methyl sites for hydroxylation is 2. The van der Waals surface area contributed by atoms with Gasteiger partial charge in [0.2, 0.25) is 11.8 Å². The van der Waals surface area contributed by atoms with E-state index < -0.39 is 6.04 Å². The maximum atomic E-state index is 11.8. The predicted molar refractivity (Wildman–Crippen MR) is 68.0 cm³/mol. The van der Waals surface area contributed by atoms with Crippen molar-refractivity contribution in [2.24, 2.45) is 7.05 Å². The van der Waals surface area contributed by atoms with E-state index in [4.69, 9.17) is 0 Å². The molecule has 94 valence electrons. The molecule has 0 fully saturated rings. The molecule has 0 bridgehead atoms. The van der Waals surface area contributed by atoms with E-state index in [-0.39, 0.29) is 17.6 Å². The highest BCUT2D eigenvalue weighted by molar-refractivity contribution is 7.80. The largest absolute Gasteiger partial charge is 0.344 e. The van der Waals surface area contributed by atoms with E-state index in [0.29, 0.717) is 5.82 Å². The summed E-state index contributed by atoms with van der Waals surface area (Å²) in [6.07, 6.45) is 0. The Kier molecular flexibility index (Phi) is 4.56. The van der Waals surface area contributed by atoms with Gasteiger partial charge in [0.25, 0.3) is 0 Å². The van der Waals surface area contributed by atoms with Crippen LogP contribution in [0.1, 0.15) is 12.6 Å². The number of nitrogens with zero attached hydrogens (tertiary/aromatic N) is 2. The number of hydrogen-bond acceptors (Lipinski definition) is 4. The third-order valence-electron chi connectivity index (χ3n) is 2.24. The van der Waals surface area contributed by atoms with Crippen LogP contribution in [-0.4, -0.2) is 33.4 Å². The first kappa shape index (κ1) is 13.6. The average Bonchev–Trinajstić information content (AvgIpc) is 2.54. The smallest absolute Gasteiger partial charge is 0.248 e. The van der Waals surface area contributed by atoms with E-state index in [1.807, 2.05) is 6.92 Å². The highest BCUT2D eigenvalue weighted by atomic mass is 32.1. The predicted octanol–water partition coefficient (Wildman–Crippen LogP) is 0.102. The van der Waals surface area contributed by atoms with Gasteiger partial charge >= 0.3 is 0 Å². The molecule has 0 radical (unpaired) electrons. The Balaban J connectivity index is 2.66. The van der Waals surface area contributed by atoms with Crippen molar-refractivity contribution in [3.8, 4) is 0 Å². The lowest BCUT2D eigenvalue weighted by molar-refractivity contribution is -0.124. The molecule has 1 rings (SSSR count). The van der Waals surface area contributed by atoms with E-state index in [9.17, 15) is 9.59 Å². The number of anilines is 1. The third kappa shape index (κ3) is 3.77. The van der Waals surface area contributed by atoms with Crippen molar-refractivity contribution < 1.29 is 9.59 Å². The molecule has 1 atom stereocenters. The van der Waals surface area contributed by atoms with E-state index in [1.165, 1.54) is 6.92 Å². The van der Waals surface area contributed by atoms with Crippen molar-refractivity contribution in [1.82, 2.24) is 15.1 Å². The van der Waals surface area contributed by atoms with Gasteiger partial charge in [0.15, 0.2) is 5.82 Å². The molecule has 2 amide bonds. The van der Waals surface area contributed by atoms with Gasteiger partial charge in [-0.05, 0) is 6.92 Å². The molecule has 1 aromatic heterocycles. The molecular weight excluding hydrogens is 240 g/mol. The Bertz CT molecular complexity index is 410. The Morgan fingerprint density at radius 1 is 1.59 bits per heavy atom. The molecule has 6 nitrogen and oxygen atoms in total. The zero-order chi connectivity index (χ0) is 13.0. The first-order valence-electron chi connectivity index (χ1n) is 5.13. The number of thiol groups is 1. The van der Waals surface area contributed by atoms with Gasteiger partial charge in [-0.3, -0.25) is 14.3 Å². The Hall–Kier alpha value is -1.50. The fourth-order valence-corrected chi connectivity index (χ4v) is 1.53. The molecule has 1 heterocycles. The fourth-order valence-electron chi connectivity index (χ4n) is 1.27. The number of amides is 2. The van der Waals surface area contributed by atoms with E-state index in [2.05, 4.69) is 28.4 Å². The van der Waals surface area contributed by atoms with E-state index in [0.717, 1.165) is 5.69 Å². The van der Waals surface area contributed by atoms with E-state index >= 15 is 0 Å². The lowest BCUT2D eigenvalue weighted by Crippen LogP contribution is -2.44. The van der Waals surface area contributed by atoms with Gasteiger partial charge in [-0.25, -0.2) is 0 Å². The van der Waals surface area contributed by atoms with Crippen LogP contribution < -0.4 is 10.6 Å². The zero-order valence-electron chi connectivity index (χ0n) is 10.0. The standard InChI is InChI=1S/C10H16N4O2S/c1-6-4-9(13-14(6)3)12-10(16)8(5-17)11-7(2)15/h4,8,17H,5H2,1-3H3,(H,11,15)(H,12,13,16). The van der Waals surface area contributed by atoms with Gasteiger partial charge in [-0.2, -0.15) is 17.7 Å². The number of carbonyl (C=O) groups excluding carboxylic acids is 2. The van der Waals surface area contributed by atoms with Gasteiger partial charge in [-0.15, -0.1) is 0 Å². The lowest BCUT2D eigenvalue weighted by atomic mass is 10.3. The molecule has 0 aliphatic rings. The second kappa shape index (κ2) is 5.72. The van der Waals surface area contributed by atoms with Crippen LogP contribution in [0.5, 0.6) is 0 Å². The van der Waals surface area contributed by atoms with Gasteiger partial charge in [0, 0.05) is 31.5 Å². The number of nitrogens with one attached hydrogen (secondary N) is 2. The lowest BCUT2D eigenvalue weighted by Gasteiger charge is -2.13. The van der Waals surface area contributed by atoms with Crippen LogP contribution in [0.25, 0.3) is 0 Å². The summed E-state index contributed by atoms with van der Waals surface area (Å²) in [7, 11) is 1.79. The topological polar surface area (TPSA) is 76.0 Å². The molecule has 0 saturated heterocycles. The van der Waals surface area contributed by atoms with Gasteiger partial charge in [-0.1, -0.05) is 0 Å². The maximum absolute atomic E-state index is 11.8. The summed E-state index contributed by atoms with van der Waals surface area (Å²) < 4.78 is 1.66. The summed E-state index contributed by atoms with van der Waals surface area (Å²) in [6.45, 7) is 3.24. The molecule has 2 N–H and O–H groups in total. The Labute approximate surface area is 105 Å². The summed E-state index contributed by atoms with van der Waals surface area (Å²) in [4.78, 5) is 22.7. The maximum Gasteiger partial charge on any atom is 0.248 e. The van der Waals surface area contributed by atoms with Crippen LogP contribution in [0.3, 0.4) is 0 Å². The van der Waals surface area contributed by atoms with Crippen LogP contribution >= 0.6 is 12.6 Å². The highest BCUT2D eigenvalue weighted by Gasteiger charge is 2.18. The Morgan fingerprint density at radius 2 is 2.24 bits per heavy atom. The van der Waals surface area contributed by atoms with Gasteiger partial charge in [0.05, 0.1) is 0 Å². The van der Waals surface area contributed by atoms with Crippen LogP contribution in [0.15, 0.2) is 6.07 Å². The minimum Gasteiger partial charge on any atom is -0.344 e. The minimum atomic E-state index is -0.654. The van der Waals surface area contributed by atoms with Crippen molar-refractivity contribution >= 4 is 30.3 Å². The number of rotatable bonds is 4. The second-order valence-electron chi connectivity index (χ2n) is 3.72. The second-order valence-corrected chi connectivity index (χ2v) is 4.08. The summed E-state index contributed by atoms with van der Waals surface area (Å²) in [5, 5.41) is 9.23. The SMILES string of the molecule is CC(=O)NC(CS)C(=O)Nc1cc(C)n(C)n1. The summed E-state index contributed by atoms with van der Waals surface area (Å²) >= 11 is 4.02. The van der Waals surface area contributed by atoms with Crippen molar-refractivity contribution in [1.29, 1.82) is 0 Å². The molecule has 0 aliphatic carbocycles. The fraction of sp³-hybridized carbons (Fsp3) is 0.500. The van der Waals surface area contributed by atoms with Crippen LogP contribution in [0, 0.1) is 6.92 Å². The average molecular weight is 256 g/mol. The molecule has 0 spiro atoms. The molecule has 0 aromatic carbocycles. The molecule has 0 saturated carbocycles. The monoisotopic (exact) mass is 256 g/mol. The van der Waals surface area contributed by atoms with E-state index in [1.54, 1.807) is 17.8 Å². The highest BCUT2D eigenvalue weighted by Crippen LogP contribution is 2.07. The molecular formula is C10H16N4O2S. The zero-order valence-corrected chi connectivity index (χ0v) is 10.9. The van der Waals surface area contributed by atoms with Gasteiger partial charge in [0.1, 0.15) is 6.04 Å². The van der Waals surface area contributed by atoms with Gasteiger partial charge < -0.3 is 10.6 Å². The first-order valence-corrected chi connectivity index (χ1v) is 5.76. The molecule has 0 aliphatic heterocycles.